The van der Waals surface area contributed by atoms with Crippen molar-refractivity contribution in [2.24, 2.45) is 0 Å². The van der Waals surface area contributed by atoms with Crippen LogP contribution < -0.4 is 4.72 Å². The molecule has 0 aromatic heterocycles. The Morgan fingerprint density at radius 2 is 2.00 bits per heavy atom. The number of nitrogens with one attached hydrogen (secondary N) is 1. The quantitative estimate of drug-likeness (QED) is 0.383. The summed E-state index contributed by atoms with van der Waals surface area (Å²) in [5.41, 5.74) is 0. The second-order valence-corrected chi connectivity index (χ2v) is 2.60. The van der Waals surface area contributed by atoms with Gasteiger partial charge in [-0.15, -0.1) is 0 Å². The molecule has 0 aromatic rings. The van der Waals surface area contributed by atoms with Gasteiger partial charge in [0.2, 0.25) is 10.9 Å². The van der Waals surface area contributed by atoms with Gasteiger partial charge in [0.15, 0.2) is 0 Å². The fraction of sp³-hybridized carbons (Fsp3) is 1.00. The van der Waals surface area contributed by atoms with Crippen LogP contribution in [0.2, 0.25) is 0 Å². The third kappa shape index (κ3) is 9.83. The molecule has 0 radical (unpaired) electrons. The van der Waals surface area contributed by atoms with Gasteiger partial charge in [0.1, 0.15) is 0 Å². The minimum atomic E-state index is -2.49. The third-order valence-corrected chi connectivity index (χ3v) is 1.40. The molecule has 0 bridgehead atoms. The normalized spacial score (nSPS) is 10.7. The van der Waals surface area contributed by atoms with E-state index in [1.807, 2.05) is 0 Å². The Kier molecular flexibility index (Phi) is 7.81. The lowest BCUT2D eigenvalue weighted by Gasteiger charge is -2.00. The number of ether oxygens (including phenoxy) is 2. The van der Waals surface area contributed by atoms with Gasteiger partial charge in [-0.3, -0.25) is 0 Å². The van der Waals surface area contributed by atoms with Gasteiger partial charge in [0.05, 0.1) is 19.8 Å². The van der Waals surface area contributed by atoms with Crippen LogP contribution in [0, 0.1) is 0 Å². The van der Waals surface area contributed by atoms with Crippen LogP contribution >= 0.6 is 0 Å². The molecule has 0 unspecified atom stereocenters. The van der Waals surface area contributed by atoms with Gasteiger partial charge in [-0.25, -0.2) is 13.1 Å². The van der Waals surface area contributed by atoms with Crippen LogP contribution in [0.15, 0.2) is 0 Å². The van der Waals surface area contributed by atoms with E-state index >= 15 is 0 Å². The molecule has 0 rings (SSSR count). The maximum atomic E-state index is 9.93. The van der Waals surface area contributed by atoms with Gasteiger partial charge in [-0.05, 0) is 0 Å². The number of hydrogen-bond acceptors (Lipinski definition) is 4. The standard InChI is InChI=1S/C5H13NO4S/c1-9-4-5-10-3-2-6-11(7)8/h11H,2-5H2,1H3,(H,6,7,8). The van der Waals surface area contributed by atoms with Gasteiger partial charge in [0, 0.05) is 13.7 Å². The van der Waals surface area contributed by atoms with E-state index in [4.69, 9.17) is 9.47 Å². The first-order valence-corrected chi connectivity index (χ1v) is 4.39. The summed E-state index contributed by atoms with van der Waals surface area (Å²) in [6, 6.07) is 0. The first-order chi connectivity index (χ1) is 5.27. The zero-order chi connectivity index (χ0) is 8.53. The van der Waals surface area contributed by atoms with E-state index in [9.17, 15) is 8.42 Å². The first-order valence-electron chi connectivity index (χ1n) is 3.22. The first kappa shape index (κ1) is 10.8. The number of rotatable bonds is 7. The Balaban J connectivity index is 2.90. The van der Waals surface area contributed by atoms with Crippen molar-refractivity contribution >= 4 is 10.9 Å². The smallest absolute Gasteiger partial charge is 0.201 e. The summed E-state index contributed by atoms with van der Waals surface area (Å²) in [4.78, 5) is 0. The summed E-state index contributed by atoms with van der Waals surface area (Å²) in [6.45, 7) is 1.73. The molecule has 0 aliphatic rings. The molecule has 0 aliphatic heterocycles. The molecule has 0 fully saturated rings. The van der Waals surface area contributed by atoms with E-state index in [0.717, 1.165) is 0 Å². The van der Waals surface area contributed by atoms with E-state index in [1.165, 1.54) is 0 Å². The Morgan fingerprint density at radius 3 is 2.55 bits per heavy atom. The Morgan fingerprint density at radius 1 is 1.27 bits per heavy atom. The molecule has 0 aliphatic carbocycles. The molecule has 11 heavy (non-hydrogen) atoms. The molecule has 6 heteroatoms. The Hall–Kier alpha value is -0.170. The molecular weight excluding hydrogens is 170 g/mol. The third-order valence-electron chi connectivity index (χ3n) is 0.919. The molecular formula is C5H13NO4S. The van der Waals surface area contributed by atoms with Crippen LogP contribution in [0.25, 0.3) is 0 Å². The molecule has 0 atom stereocenters. The lowest BCUT2D eigenvalue weighted by molar-refractivity contribution is 0.0737. The predicted molar refractivity (Wildman–Crippen MR) is 41.0 cm³/mol. The zero-order valence-electron chi connectivity index (χ0n) is 6.41. The largest absolute Gasteiger partial charge is 0.382 e. The fourth-order valence-electron chi connectivity index (χ4n) is 0.453. The van der Waals surface area contributed by atoms with Crippen LogP contribution in [-0.4, -0.2) is 41.9 Å². The molecule has 5 nitrogen and oxygen atoms in total. The van der Waals surface area contributed by atoms with Crippen molar-refractivity contribution in [3.8, 4) is 0 Å². The van der Waals surface area contributed by atoms with Gasteiger partial charge in [0.25, 0.3) is 0 Å². The lowest BCUT2D eigenvalue weighted by atomic mass is 10.7. The summed E-state index contributed by atoms with van der Waals surface area (Å²) in [5.74, 6) is 0. The molecule has 0 saturated carbocycles. The van der Waals surface area contributed by atoms with Gasteiger partial charge in [-0.2, -0.15) is 0 Å². The summed E-state index contributed by atoms with van der Waals surface area (Å²) in [5, 5.41) is 0. The molecule has 0 spiro atoms. The van der Waals surface area contributed by atoms with Crippen molar-refractivity contribution in [3.05, 3.63) is 0 Å². The molecule has 0 aromatic carbocycles. The highest BCUT2D eigenvalue weighted by Crippen LogP contribution is 1.73. The van der Waals surface area contributed by atoms with Gasteiger partial charge < -0.3 is 9.47 Å². The fourth-order valence-corrected chi connectivity index (χ4v) is 0.727. The molecule has 0 heterocycles. The number of methoxy groups -OCH3 is 1. The SMILES string of the molecule is COCCOCCN[SH](=O)=O. The van der Waals surface area contributed by atoms with E-state index in [-0.39, 0.29) is 0 Å². The second-order valence-electron chi connectivity index (χ2n) is 1.77. The lowest BCUT2D eigenvalue weighted by Crippen LogP contribution is -2.18. The van der Waals surface area contributed by atoms with Crippen molar-refractivity contribution in [1.29, 1.82) is 0 Å². The van der Waals surface area contributed by atoms with Crippen LogP contribution in [0.1, 0.15) is 0 Å². The molecule has 1 N–H and O–H groups in total. The molecule has 0 amide bonds. The molecule has 68 valence electrons. The summed E-state index contributed by atoms with van der Waals surface area (Å²) >= 11 is 0. The van der Waals surface area contributed by atoms with E-state index in [1.54, 1.807) is 7.11 Å². The van der Waals surface area contributed by atoms with Gasteiger partial charge in [-0.1, -0.05) is 0 Å². The van der Waals surface area contributed by atoms with E-state index < -0.39 is 10.9 Å². The number of hydrogen-bond donors (Lipinski definition) is 2. The second kappa shape index (κ2) is 7.93. The minimum absolute atomic E-state index is 0.322. The highest BCUT2D eigenvalue weighted by molar-refractivity contribution is 7.70. The highest BCUT2D eigenvalue weighted by atomic mass is 32.2. The predicted octanol–water partition coefficient (Wildman–Crippen LogP) is -1.23. The van der Waals surface area contributed by atoms with Crippen molar-refractivity contribution in [1.82, 2.24) is 4.72 Å². The average molecular weight is 183 g/mol. The van der Waals surface area contributed by atoms with Crippen molar-refractivity contribution < 1.29 is 17.9 Å². The minimum Gasteiger partial charge on any atom is -0.382 e. The van der Waals surface area contributed by atoms with Crippen LogP contribution in [0.5, 0.6) is 0 Å². The summed E-state index contributed by atoms with van der Waals surface area (Å²) in [6.07, 6.45) is 0. The maximum Gasteiger partial charge on any atom is 0.201 e. The van der Waals surface area contributed by atoms with E-state index in [0.29, 0.717) is 26.4 Å². The Bertz CT molecular complexity index is 139. The van der Waals surface area contributed by atoms with Crippen molar-refractivity contribution in [3.63, 3.8) is 0 Å². The summed E-state index contributed by atoms with van der Waals surface area (Å²) in [7, 11) is -0.907. The monoisotopic (exact) mass is 183 g/mol. The maximum absolute atomic E-state index is 9.93. The van der Waals surface area contributed by atoms with Crippen molar-refractivity contribution in [2.45, 2.75) is 0 Å². The topological polar surface area (TPSA) is 64.6 Å². The van der Waals surface area contributed by atoms with Gasteiger partial charge >= 0.3 is 0 Å². The van der Waals surface area contributed by atoms with Crippen LogP contribution in [-0.2, 0) is 20.4 Å². The Labute approximate surface area is 67.8 Å². The van der Waals surface area contributed by atoms with Crippen LogP contribution in [0.4, 0.5) is 0 Å². The average Bonchev–Trinajstić information content (AvgIpc) is 1.96. The van der Waals surface area contributed by atoms with E-state index in [2.05, 4.69) is 4.72 Å². The zero-order valence-corrected chi connectivity index (χ0v) is 7.30. The van der Waals surface area contributed by atoms with Crippen LogP contribution in [0.3, 0.4) is 0 Å². The highest BCUT2D eigenvalue weighted by Gasteiger charge is 1.87. The van der Waals surface area contributed by atoms with Crippen molar-refractivity contribution in [2.75, 3.05) is 33.5 Å². The number of thiol groups is 1. The summed E-state index contributed by atoms with van der Waals surface area (Å²) < 4.78 is 31.8. The molecule has 0 saturated heterocycles.